The maximum absolute atomic E-state index is 7.84. The number of methoxy groups -OCH3 is 2. The molecule has 35 heavy (non-hydrogen) atoms. The molecule has 2 aromatic carbocycles. The third-order valence-electron chi connectivity index (χ3n) is 5.65. The summed E-state index contributed by atoms with van der Waals surface area (Å²) in [6, 6.07) is 11.4. The Kier molecular flexibility index (Phi) is 8.58. The van der Waals surface area contributed by atoms with E-state index in [1.807, 2.05) is 36.4 Å². The van der Waals surface area contributed by atoms with E-state index in [4.69, 9.17) is 29.3 Å². The average Bonchev–Trinajstić information content (AvgIpc) is 2.90. The van der Waals surface area contributed by atoms with Crippen LogP contribution in [0.25, 0.3) is 11.0 Å². The van der Waals surface area contributed by atoms with Gasteiger partial charge < -0.3 is 29.7 Å². The van der Waals surface area contributed by atoms with Crippen LogP contribution in [0.3, 0.4) is 0 Å². The van der Waals surface area contributed by atoms with Gasteiger partial charge >= 0.3 is 0 Å². The zero-order valence-corrected chi connectivity index (χ0v) is 20.1. The Hall–Kier alpha value is -3.56. The predicted octanol–water partition coefficient (Wildman–Crippen LogP) is 4.74. The molecule has 1 fully saturated rings. The van der Waals surface area contributed by atoms with Crippen LogP contribution in [0.5, 0.6) is 11.5 Å². The molecule has 3 aromatic rings. The summed E-state index contributed by atoms with van der Waals surface area (Å²) in [4.78, 5) is 13.7. The summed E-state index contributed by atoms with van der Waals surface area (Å²) < 4.78 is 22.0. The number of hydrogen-bond donors (Lipinski definition) is 2. The number of ether oxygens (including phenoxy) is 4. The highest BCUT2D eigenvalue weighted by Gasteiger charge is 2.14. The van der Waals surface area contributed by atoms with Gasteiger partial charge in [0.1, 0.15) is 11.5 Å². The third-order valence-corrected chi connectivity index (χ3v) is 5.65. The van der Waals surface area contributed by atoms with E-state index < -0.39 is 0 Å². The average molecular weight is 478 g/mol. The van der Waals surface area contributed by atoms with Gasteiger partial charge in [0, 0.05) is 48.6 Å². The van der Waals surface area contributed by atoms with Gasteiger partial charge in [-0.3, -0.25) is 9.98 Å². The minimum Gasteiger partial charge on any atom is -0.497 e. The quantitative estimate of drug-likeness (QED) is 0.303. The summed E-state index contributed by atoms with van der Waals surface area (Å²) >= 11 is 0. The van der Waals surface area contributed by atoms with Crippen LogP contribution in [0, 0.1) is 5.41 Å². The van der Waals surface area contributed by atoms with E-state index in [9.17, 15) is 0 Å². The van der Waals surface area contributed by atoms with Crippen LogP contribution in [-0.4, -0.2) is 62.7 Å². The van der Waals surface area contributed by atoms with E-state index in [1.165, 1.54) is 6.21 Å². The molecular weight excluding hydrogens is 446 g/mol. The summed E-state index contributed by atoms with van der Waals surface area (Å²) in [5.74, 6) is 1.02. The normalized spacial score (nSPS) is 16.8. The Morgan fingerprint density at radius 1 is 1.11 bits per heavy atom. The first kappa shape index (κ1) is 24.6. The van der Waals surface area contributed by atoms with Crippen molar-refractivity contribution in [3.8, 4) is 11.5 Å². The van der Waals surface area contributed by atoms with Crippen LogP contribution < -0.4 is 14.8 Å². The van der Waals surface area contributed by atoms with Crippen LogP contribution in [0.2, 0.25) is 0 Å². The number of nitrogens with one attached hydrogen (secondary N) is 2. The summed E-state index contributed by atoms with van der Waals surface area (Å²) in [5, 5.41) is 11.2. The molecule has 2 unspecified atom stereocenters. The van der Waals surface area contributed by atoms with Gasteiger partial charge in [0.15, 0.2) is 6.29 Å². The van der Waals surface area contributed by atoms with Crippen molar-refractivity contribution in [3.05, 3.63) is 48.3 Å². The lowest BCUT2D eigenvalue weighted by atomic mass is 10.1. The van der Waals surface area contributed by atoms with Crippen LogP contribution in [0.4, 0.5) is 11.4 Å². The molecule has 4 rings (SSSR count). The van der Waals surface area contributed by atoms with Gasteiger partial charge in [0.2, 0.25) is 0 Å². The number of aliphatic imine (C=N–C) groups is 1. The number of aromatic nitrogens is 2. The van der Waals surface area contributed by atoms with E-state index in [1.54, 1.807) is 26.6 Å². The Morgan fingerprint density at radius 3 is 2.66 bits per heavy atom. The molecule has 0 spiro atoms. The highest BCUT2D eigenvalue weighted by atomic mass is 16.7. The lowest BCUT2D eigenvalue weighted by Gasteiger charge is -2.22. The summed E-state index contributed by atoms with van der Waals surface area (Å²) in [6.07, 6.45) is 7.77. The smallest absolute Gasteiger partial charge is 0.157 e. The van der Waals surface area contributed by atoms with Crippen molar-refractivity contribution in [3.63, 3.8) is 0 Å². The van der Waals surface area contributed by atoms with Crippen LogP contribution in [-0.2, 0) is 9.47 Å². The summed E-state index contributed by atoms with van der Waals surface area (Å²) in [7, 11) is 3.24. The second-order valence-corrected chi connectivity index (χ2v) is 8.14. The molecule has 2 N–H and O–H groups in total. The van der Waals surface area contributed by atoms with Crippen LogP contribution in [0.15, 0.2) is 47.6 Å². The van der Waals surface area contributed by atoms with Crippen LogP contribution in [0.1, 0.15) is 30.9 Å². The zero-order valence-electron chi connectivity index (χ0n) is 20.1. The van der Waals surface area contributed by atoms with Gasteiger partial charge in [0.25, 0.3) is 0 Å². The third kappa shape index (κ3) is 6.74. The molecule has 1 aromatic heterocycles. The topological polar surface area (TPSA) is 111 Å². The number of anilines is 2. The Balaban J connectivity index is 1.43. The molecule has 0 amide bonds. The first-order chi connectivity index (χ1) is 17.2. The van der Waals surface area contributed by atoms with Crippen molar-refractivity contribution in [1.29, 1.82) is 5.41 Å². The fourth-order valence-electron chi connectivity index (χ4n) is 3.78. The van der Waals surface area contributed by atoms with Crippen molar-refractivity contribution in [2.75, 3.05) is 39.3 Å². The molecule has 1 aliphatic rings. The van der Waals surface area contributed by atoms with E-state index >= 15 is 0 Å². The van der Waals surface area contributed by atoms with Crippen molar-refractivity contribution in [2.24, 2.45) is 4.99 Å². The van der Waals surface area contributed by atoms with Gasteiger partial charge in [0.05, 0.1) is 56.2 Å². The van der Waals surface area contributed by atoms with E-state index in [2.05, 4.69) is 15.3 Å². The Morgan fingerprint density at radius 2 is 1.94 bits per heavy atom. The number of hydrogen-bond acceptors (Lipinski definition) is 9. The zero-order chi connectivity index (χ0) is 24.5. The maximum Gasteiger partial charge on any atom is 0.157 e. The summed E-state index contributed by atoms with van der Waals surface area (Å²) in [5.41, 5.74) is 3.83. The first-order valence-corrected chi connectivity index (χ1v) is 11.7. The van der Waals surface area contributed by atoms with Crippen molar-refractivity contribution < 1.29 is 18.9 Å². The SMILES string of the molecule is COc1cc(Nc2ccc3ncc(C(C=N)C=NCCOC4CCCCO4)nc3c2)cc(OC)c1. The van der Waals surface area contributed by atoms with Crippen molar-refractivity contribution in [1.82, 2.24) is 9.97 Å². The van der Waals surface area contributed by atoms with E-state index in [0.717, 1.165) is 48.3 Å². The molecular formula is C26H31N5O4. The number of fused-ring (bicyclic) bond motifs is 1. The fourth-order valence-corrected chi connectivity index (χ4v) is 3.78. The molecule has 184 valence electrons. The number of rotatable bonds is 11. The molecule has 2 atom stereocenters. The minimum absolute atomic E-state index is 0.121. The second-order valence-electron chi connectivity index (χ2n) is 8.14. The molecule has 9 nitrogen and oxygen atoms in total. The van der Waals surface area contributed by atoms with Crippen molar-refractivity contribution in [2.45, 2.75) is 31.5 Å². The van der Waals surface area contributed by atoms with Crippen molar-refractivity contribution >= 4 is 34.8 Å². The monoisotopic (exact) mass is 477 g/mol. The lowest BCUT2D eigenvalue weighted by molar-refractivity contribution is -0.160. The Bertz CT molecular complexity index is 1140. The molecule has 0 radical (unpaired) electrons. The molecule has 0 bridgehead atoms. The molecule has 1 aliphatic heterocycles. The highest BCUT2D eigenvalue weighted by molar-refractivity contribution is 5.89. The van der Waals surface area contributed by atoms with E-state index in [-0.39, 0.29) is 12.2 Å². The maximum atomic E-state index is 7.84. The van der Waals surface area contributed by atoms with Gasteiger partial charge in [-0.25, -0.2) is 4.98 Å². The Labute approximate surface area is 205 Å². The largest absolute Gasteiger partial charge is 0.497 e. The molecule has 0 aliphatic carbocycles. The molecule has 9 heteroatoms. The number of nitrogens with zero attached hydrogens (tertiary/aromatic N) is 3. The van der Waals surface area contributed by atoms with Gasteiger partial charge in [-0.15, -0.1) is 0 Å². The highest BCUT2D eigenvalue weighted by Crippen LogP contribution is 2.29. The van der Waals surface area contributed by atoms with Gasteiger partial charge in [-0.2, -0.15) is 0 Å². The minimum atomic E-state index is -0.364. The molecule has 0 saturated carbocycles. The van der Waals surface area contributed by atoms with Crippen LogP contribution >= 0.6 is 0 Å². The van der Waals surface area contributed by atoms with Gasteiger partial charge in [-0.1, -0.05) is 0 Å². The first-order valence-electron chi connectivity index (χ1n) is 11.7. The molecule has 2 heterocycles. The second kappa shape index (κ2) is 12.2. The lowest BCUT2D eigenvalue weighted by Crippen LogP contribution is -2.23. The van der Waals surface area contributed by atoms with Gasteiger partial charge in [-0.05, 0) is 37.5 Å². The number of benzene rings is 2. The molecule has 1 saturated heterocycles. The fraction of sp³-hybridized carbons (Fsp3) is 0.385. The predicted molar refractivity (Wildman–Crippen MR) is 137 cm³/mol. The summed E-state index contributed by atoms with van der Waals surface area (Å²) in [6.45, 7) is 1.75. The van der Waals surface area contributed by atoms with E-state index in [0.29, 0.717) is 30.3 Å². The standard InChI is InChI=1S/C26H31N5O4/c1-32-21-11-20(12-22(14-21)33-2)30-19-6-7-23-24(13-19)31-25(17-29-23)18(15-27)16-28-8-10-35-26-5-3-4-9-34-26/h6-7,11-18,26-27,30H,3-5,8-10H2,1-2H3.